The minimum Gasteiger partial charge on any atom is -0.265 e. The molecule has 11 rings (SSSR count). The van der Waals surface area contributed by atoms with Crippen LogP contribution in [0.25, 0.3) is 100 Å². The fourth-order valence-corrected chi connectivity index (χ4v) is 8.08. The fraction of sp³-hybridized carbons (Fsp3) is 0.0345. The number of hydrogen-bond acceptors (Lipinski definition) is 8. The number of pyridine rings is 1. The molecule has 312 valence electrons. The second-order valence-electron chi connectivity index (χ2n) is 15.8. The van der Waals surface area contributed by atoms with Crippen molar-refractivity contribution in [1.29, 1.82) is 5.26 Å². The zero-order chi connectivity index (χ0) is 44.8. The van der Waals surface area contributed by atoms with Crippen LogP contribution in [0.2, 0.25) is 0 Å². The SMILES string of the molecule is Cc1nc(-c2ccc(-c3ccncc3)cc2)nc(-c2ccc(-c3cccc4ccccc34)cc2)n1.Cc1nc(-c2ccc(C#N)cc2)nc(-c2ccc(-c3cccc4ccccc34)cc2)n1. The van der Waals surface area contributed by atoms with Gasteiger partial charge in [0.05, 0.1) is 11.6 Å². The zero-order valence-electron chi connectivity index (χ0n) is 36.2. The van der Waals surface area contributed by atoms with Gasteiger partial charge in [0.2, 0.25) is 0 Å². The number of aryl methyl sites for hydroxylation is 2. The van der Waals surface area contributed by atoms with Crippen LogP contribution in [0.5, 0.6) is 0 Å². The highest BCUT2D eigenvalue weighted by Gasteiger charge is 2.13. The molecule has 0 saturated heterocycles. The summed E-state index contributed by atoms with van der Waals surface area (Å²) >= 11 is 0. The van der Waals surface area contributed by atoms with E-state index < -0.39 is 0 Å². The molecule has 0 saturated carbocycles. The number of fused-ring (bicyclic) bond motifs is 2. The normalized spacial score (nSPS) is 10.9. The van der Waals surface area contributed by atoms with Gasteiger partial charge in [0.1, 0.15) is 11.6 Å². The molecule has 0 amide bonds. The van der Waals surface area contributed by atoms with Gasteiger partial charge in [0.25, 0.3) is 0 Å². The van der Waals surface area contributed by atoms with Crippen molar-refractivity contribution in [3.8, 4) is 85.0 Å². The quantitative estimate of drug-likeness (QED) is 0.156. The summed E-state index contributed by atoms with van der Waals surface area (Å²) in [5, 5.41) is 14.0. The molecule has 8 heteroatoms. The molecule has 0 unspecified atom stereocenters. The average molecular weight is 849 g/mol. The summed E-state index contributed by atoms with van der Waals surface area (Å²) in [6, 6.07) is 68.1. The Labute approximate surface area is 382 Å². The first-order chi connectivity index (χ1) is 32.5. The first-order valence-corrected chi connectivity index (χ1v) is 21.6. The molecule has 0 spiro atoms. The summed E-state index contributed by atoms with van der Waals surface area (Å²) in [7, 11) is 0. The van der Waals surface area contributed by atoms with E-state index in [1.165, 1.54) is 38.2 Å². The van der Waals surface area contributed by atoms with E-state index in [-0.39, 0.29) is 0 Å². The predicted molar refractivity (Wildman–Crippen MR) is 265 cm³/mol. The van der Waals surface area contributed by atoms with Crippen LogP contribution >= 0.6 is 0 Å². The van der Waals surface area contributed by atoms with Gasteiger partial charge >= 0.3 is 0 Å². The Hall–Kier alpha value is -9.06. The first kappa shape index (κ1) is 41.0. The fourth-order valence-electron chi connectivity index (χ4n) is 8.08. The summed E-state index contributed by atoms with van der Waals surface area (Å²) in [6.07, 6.45) is 3.60. The van der Waals surface area contributed by atoms with Gasteiger partial charge in [-0.25, -0.2) is 29.9 Å². The lowest BCUT2D eigenvalue weighted by Gasteiger charge is -2.09. The monoisotopic (exact) mass is 848 g/mol. The van der Waals surface area contributed by atoms with Crippen LogP contribution in [0, 0.1) is 25.2 Å². The van der Waals surface area contributed by atoms with E-state index in [1.54, 1.807) is 24.5 Å². The Bertz CT molecular complexity index is 3520. The van der Waals surface area contributed by atoms with Crippen LogP contribution < -0.4 is 0 Å². The Kier molecular flexibility index (Phi) is 11.4. The van der Waals surface area contributed by atoms with Crippen molar-refractivity contribution in [3.05, 3.63) is 224 Å². The lowest BCUT2D eigenvalue weighted by Crippen LogP contribution is -1.99. The van der Waals surface area contributed by atoms with Crippen LogP contribution in [0.4, 0.5) is 0 Å². The van der Waals surface area contributed by atoms with Crippen molar-refractivity contribution >= 4 is 21.5 Å². The summed E-state index contributed by atoms with van der Waals surface area (Å²) in [5.41, 5.74) is 11.3. The molecular formula is C58H40N8. The second kappa shape index (κ2) is 18.3. The van der Waals surface area contributed by atoms with E-state index in [9.17, 15) is 0 Å². The third-order valence-corrected chi connectivity index (χ3v) is 11.4. The minimum absolute atomic E-state index is 0.602. The largest absolute Gasteiger partial charge is 0.265 e. The van der Waals surface area contributed by atoms with Crippen molar-refractivity contribution in [2.75, 3.05) is 0 Å². The van der Waals surface area contributed by atoms with Crippen LogP contribution in [0.3, 0.4) is 0 Å². The van der Waals surface area contributed by atoms with E-state index in [1.807, 2.05) is 38.1 Å². The highest BCUT2D eigenvalue weighted by Crippen LogP contribution is 2.32. The maximum absolute atomic E-state index is 9.01. The number of hydrogen-bond donors (Lipinski definition) is 0. The maximum atomic E-state index is 9.01. The first-order valence-electron chi connectivity index (χ1n) is 21.6. The molecule has 0 radical (unpaired) electrons. The van der Waals surface area contributed by atoms with Gasteiger partial charge in [0, 0.05) is 34.6 Å². The molecule has 0 bridgehead atoms. The standard InChI is InChI=1S/C31H22N4.C27H18N4/c1-21-33-30(26-13-9-22(10-14-26)23-17-19-32-20-18-23)35-31(34-21)27-15-11-25(12-16-27)29-8-4-6-24-5-2-3-7-28(24)29;1-18-29-26(22-11-9-19(17-28)10-12-22)31-27(30-18)23-15-13-21(14-16-23)25-8-4-6-20-5-2-3-7-24(20)25/h2-20H,1H3;2-16H,1H3. The van der Waals surface area contributed by atoms with E-state index in [0.717, 1.165) is 38.9 Å². The highest BCUT2D eigenvalue weighted by atomic mass is 15.0. The molecule has 0 aliphatic carbocycles. The average Bonchev–Trinajstić information content (AvgIpc) is 3.38. The highest BCUT2D eigenvalue weighted by molar-refractivity contribution is 5.98. The van der Waals surface area contributed by atoms with Gasteiger partial charge in [0.15, 0.2) is 23.3 Å². The van der Waals surface area contributed by atoms with Gasteiger partial charge in [-0.05, 0) is 105 Å². The predicted octanol–water partition coefficient (Wildman–Crippen LogP) is 13.6. The van der Waals surface area contributed by atoms with Crippen molar-refractivity contribution < 1.29 is 0 Å². The van der Waals surface area contributed by atoms with Crippen LogP contribution in [-0.2, 0) is 0 Å². The number of aromatic nitrogens is 7. The lowest BCUT2D eigenvalue weighted by molar-refractivity contribution is 0.991. The molecule has 0 aliphatic rings. The Balaban J connectivity index is 0.000000156. The molecule has 8 aromatic carbocycles. The lowest BCUT2D eigenvalue weighted by atomic mass is 9.97. The third kappa shape index (κ3) is 8.78. The summed E-state index contributed by atoms with van der Waals surface area (Å²) in [5.74, 6) is 3.94. The Morgan fingerprint density at radius 1 is 0.318 bits per heavy atom. The van der Waals surface area contributed by atoms with Crippen LogP contribution in [-0.4, -0.2) is 34.9 Å². The number of rotatable bonds is 7. The molecule has 0 aliphatic heterocycles. The molecule has 0 atom stereocenters. The van der Waals surface area contributed by atoms with Crippen LogP contribution in [0.15, 0.2) is 207 Å². The van der Waals surface area contributed by atoms with Gasteiger partial charge in [-0.2, -0.15) is 5.26 Å². The van der Waals surface area contributed by atoms with Gasteiger partial charge in [-0.3, -0.25) is 4.98 Å². The zero-order valence-corrected chi connectivity index (χ0v) is 36.2. The van der Waals surface area contributed by atoms with E-state index in [4.69, 9.17) is 10.2 Å². The number of nitrogens with zero attached hydrogens (tertiary/aromatic N) is 8. The smallest absolute Gasteiger partial charge is 0.163 e. The summed E-state index contributed by atoms with van der Waals surface area (Å²) < 4.78 is 0. The second-order valence-corrected chi connectivity index (χ2v) is 15.8. The Morgan fingerprint density at radius 2 is 0.652 bits per heavy atom. The molecule has 3 heterocycles. The van der Waals surface area contributed by atoms with Crippen molar-refractivity contribution in [2.45, 2.75) is 13.8 Å². The molecule has 3 aromatic heterocycles. The molecule has 0 fully saturated rings. The topological polar surface area (TPSA) is 114 Å². The Morgan fingerprint density at radius 3 is 1.06 bits per heavy atom. The van der Waals surface area contributed by atoms with Crippen molar-refractivity contribution in [1.82, 2.24) is 34.9 Å². The molecule has 0 N–H and O–H groups in total. The van der Waals surface area contributed by atoms with Crippen molar-refractivity contribution in [2.24, 2.45) is 0 Å². The van der Waals surface area contributed by atoms with Gasteiger partial charge in [-0.1, -0.05) is 158 Å². The number of benzene rings is 8. The van der Waals surface area contributed by atoms with E-state index in [0.29, 0.717) is 40.5 Å². The van der Waals surface area contributed by atoms with Gasteiger partial charge in [-0.15, -0.1) is 0 Å². The minimum atomic E-state index is 0.602. The third-order valence-electron chi connectivity index (χ3n) is 11.4. The summed E-state index contributed by atoms with van der Waals surface area (Å²) in [6.45, 7) is 3.77. The van der Waals surface area contributed by atoms with Crippen LogP contribution in [0.1, 0.15) is 17.2 Å². The maximum Gasteiger partial charge on any atom is 0.163 e. The molecule has 66 heavy (non-hydrogen) atoms. The molecule has 11 aromatic rings. The van der Waals surface area contributed by atoms with Crippen molar-refractivity contribution in [3.63, 3.8) is 0 Å². The van der Waals surface area contributed by atoms with E-state index >= 15 is 0 Å². The van der Waals surface area contributed by atoms with Gasteiger partial charge < -0.3 is 0 Å². The number of nitriles is 1. The summed E-state index contributed by atoms with van der Waals surface area (Å²) in [4.78, 5) is 31.8. The van der Waals surface area contributed by atoms with E-state index in [2.05, 4.69) is 194 Å². The molecule has 8 nitrogen and oxygen atoms in total. The molecular weight excluding hydrogens is 809 g/mol.